The second-order valence-corrected chi connectivity index (χ2v) is 8.89. The number of ether oxygens (including phenoxy) is 1. The number of amides is 1. The van der Waals surface area contributed by atoms with Gasteiger partial charge in [0, 0.05) is 6.20 Å². The summed E-state index contributed by atoms with van der Waals surface area (Å²) < 4.78 is 8.49. The van der Waals surface area contributed by atoms with Crippen LogP contribution >= 0.6 is 0 Å². The summed E-state index contributed by atoms with van der Waals surface area (Å²) in [6.45, 7) is 5.48. The number of carbonyl (C=O) groups is 2. The SMILES string of the molecule is CC(C)(C)OC(=O)n1c(Cn2cccc(NC=O)c2=O)nc2c(CC3CC3)cccc21. The Hall–Kier alpha value is -3.42. The van der Waals surface area contributed by atoms with Crippen LogP contribution in [-0.2, 0) is 22.5 Å². The maximum absolute atomic E-state index is 13.1. The summed E-state index contributed by atoms with van der Waals surface area (Å²) in [5, 5.41) is 2.40. The van der Waals surface area contributed by atoms with Crippen molar-refractivity contribution in [3.63, 3.8) is 0 Å². The van der Waals surface area contributed by atoms with Gasteiger partial charge in [0.05, 0.1) is 17.6 Å². The number of anilines is 1. The van der Waals surface area contributed by atoms with Crippen LogP contribution < -0.4 is 10.9 Å². The van der Waals surface area contributed by atoms with E-state index in [1.54, 1.807) is 33.0 Å². The fraction of sp³-hybridized carbons (Fsp3) is 0.391. The molecule has 0 bridgehead atoms. The number of hydrogen-bond donors (Lipinski definition) is 1. The number of nitrogens with one attached hydrogen (secondary N) is 1. The highest BCUT2D eigenvalue weighted by Gasteiger charge is 2.27. The zero-order valence-corrected chi connectivity index (χ0v) is 17.9. The smallest absolute Gasteiger partial charge is 0.420 e. The van der Waals surface area contributed by atoms with E-state index in [1.165, 1.54) is 28.0 Å². The lowest BCUT2D eigenvalue weighted by Gasteiger charge is -2.20. The van der Waals surface area contributed by atoms with Gasteiger partial charge in [-0.2, -0.15) is 0 Å². The number of rotatable bonds is 6. The molecule has 1 fully saturated rings. The Kier molecular flexibility index (Phi) is 5.39. The molecule has 3 aromatic rings. The molecule has 1 aliphatic carbocycles. The number of benzene rings is 1. The van der Waals surface area contributed by atoms with Crippen molar-refractivity contribution in [2.45, 2.75) is 52.2 Å². The number of carbonyl (C=O) groups excluding carboxylic acids is 2. The molecule has 0 saturated heterocycles. The maximum Gasteiger partial charge on any atom is 0.420 e. The summed E-state index contributed by atoms with van der Waals surface area (Å²) in [5.41, 5.74) is 1.61. The average molecular weight is 422 g/mol. The Morgan fingerprint density at radius 1 is 1.26 bits per heavy atom. The van der Waals surface area contributed by atoms with Crippen LogP contribution in [0.3, 0.4) is 0 Å². The largest absolute Gasteiger partial charge is 0.443 e. The van der Waals surface area contributed by atoms with Gasteiger partial charge in [0.2, 0.25) is 6.41 Å². The third-order valence-corrected chi connectivity index (χ3v) is 5.17. The van der Waals surface area contributed by atoms with Crippen LogP contribution in [-0.4, -0.2) is 32.2 Å². The number of aromatic nitrogens is 3. The van der Waals surface area contributed by atoms with Crippen molar-refractivity contribution in [1.82, 2.24) is 14.1 Å². The van der Waals surface area contributed by atoms with Crippen molar-refractivity contribution in [1.29, 1.82) is 0 Å². The molecule has 0 spiro atoms. The molecule has 1 N–H and O–H groups in total. The Morgan fingerprint density at radius 2 is 2.03 bits per heavy atom. The van der Waals surface area contributed by atoms with E-state index in [0.717, 1.165) is 17.5 Å². The van der Waals surface area contributed by atoms with Crippen LogP contribution in [0.4, 0.5) is 10.5 Å². The molecule has 1 saturated carbocycles. The van der Waals surface area contributed by atoms with E-state index in [2.05, 4.69) is 5.32 Å². The van der Waals surface area contributed by atoms with Crippen LogP contribution in [0.2, 0.25) is 0 Å². The summed E-state index contributed by atoms with van der Waals surface area (Å²) in [4.78, 5) is 41.4. The third kappa shape index (κ3) is 4.52. The summed E-state index contributed by atoms with van der Waals surface area (Å²) in [6.07, 6.45) is 4.86. The molecule has 0 radical (unpaired) electrons. The predicted octanol–water partition coefficient (Wildman–Crippen LogP) is 3.55. The van der Waals surface area contributed by atoms with Crippen LogP contribution in [0, 0.1) is 5.92 Å². The highest BCUT2D eigenvalue weighted by molar-refractivity contribution is 5.89. The zero-order chi connectivity index (χ0) is 22.2. The van der Waals surface area contributed by atoms with Gasteiger partial charge in [0.15, 0.2) is 0 Å². The number of fused-ring (bicyclic) bond motifs is 1. The second-order valence-electron chi connectivity index (χ2n) is 8.89. The Balaban J connectivity index is 1.82. The van der Waals surface area contributed by atoms with Crippen molar-refractivity contribution in [3.8, 4) is 0 Å². The van der Waals surface area contributed by atoms with E-state index in [-0.39, 0.29) is 17.8 Å². The highest BCUT2D eigenvalue weighted by Crippen LogP contribution is 2.34. The second kappa shape index (κ2) is 8.02. The van der Waals surface area contributed by atoms with Gasteiger partial charge in [0.1, 0.15) is 17.1 Å². The van der Waals surface area contributed by atoms with Gasteiger partial charge in [0.25, 0.3) is 5.56 Å². The third-order valence-electron chi connectivity index (χ3n) is 5.17. The van der Waals surface area contributed by atoms with E-state index >= 15 is 0 Å². The monoisotopic (exact) mass is 422 g/mol. The van der Waals surface area contributed by atoms with Gasteiger partial charge in [-0.25, -0.2) is 14.3 Å². The van der Waals surface area contributed by atoms with E-state index in [9.17, 15) is 14.4 Å². The van der Waals surface area contributed by atoms with Crippen LogP contribution in [0.15, 0.2) is 41.3 Å². The Morgan fingerprint density at radius 3 is 2.71 bits per heavy atom. The molecule has 162 valence electrons. The van der Waals surface area contributed by atoms with Gasteiger partial charge in [-0.3, -0.25) is 9.59 Å². The van der Waals surface area contributed by atoms with Gasteiger partial charge in [-0.1, -0.05) is 12.1 Å². The molecule has 0 unspecified atom stereocenters. The fourth-order valence-corrected chi connectivity index (χ4v) is 3.61. The van der Waals surface area contributed by atoms with E-state index < -0.39 is 11.7 Å². The van der Waals surface area contributed by atoms with E-state index in [1.807, 2.05) is 18.2 Å². The highest BCUT2D eigenvalue weighted by atomic mass is 16.6. The lowest BCUT2D eigenvalue weighted by atomic mass is 10.1. The Labute approximate surface area is 179 Å². The average Bonchev–Trinajstić information content (AvgIpc) is 3.42. The molecule has 4 rings (SSSR count). The minimum atomic E-state index is -0.679. The van der Waals surface area contributed by atoms with Gasteiger partial charge < -0.3 is 14.6 Å². The number of pyridine rings is 1. The van der Waals surface area contributed by atoms with Crippen LogP contribution in [0.1, 0.15) is 45.0 Å². The molecular weight excluding hydrogens is 396 g/mol. The number of hydrogen-bond acceptors (Lipinski definition) is 5. The molecule has 0 atom stereocenters. The van der Waals surface area contributed by atoms with Crippen molar-refractivity contribution < 1.29 is 14.3 Å². The molecule has 1 aliphatic rings. The van der Waals surface area contributed by atoms with E-state index in [0.29, 0.717) is 23.7 Å². The first-order valence-corrected chi connectivity index (χ1v) is 10.4. The number of para-hydroxylation sites is 1. The molecule has 8 heteroatoms. The lowest BCUT2D eigenvalue weighted by Crippen LogP contribution is -2.30. The number of nitrogens with zero attached hydrogens (tertiary/aromatic N) is 3. The molecular formula is C23H26N4O4. The predicted molar refractivity (Wildman–Crippen MR) is 117 cm³/mol. The van der Waals surface area contributed by atoms with Gasteiger partial charge >= 0.3 is 6.09 Å². The molecule has 1 amide bonds. The zero-order valence-electron chi connectivity index (χ0n) is 17.9. The van der Waals surface area contributed by atoms with Gasteiger partial charge in [-0.05, 0) is 69.7 Å². The molecule has 2 heterocycles. The fourth-order valence-electron chi connectivity index (χ4n) is 3.61. The van der Waals surface area contributed by atoms with Crippen LogP contribution in [0.25, 0.3) is 11.0 Å². The van der Waals surface area contributed by atoms with Crippen LogP contribution in [0.5, 0.6) is 0 Å². The standard InChI is InChI=1S/C23H26N4O4/c1-23(2,3)31-22(30)27-18-8-4-6-16(12-15-9-10-15)20(18)25-19(27)13-26-11-5-7-17(21(26)29)24-14-28/h4-8,11,14-15H,9-10,12-13H2,1-3H3,(H,24,28). The summed E-state index contributed by atoms with van der Waals surface area (Å²) in [7, 11) is 0. The Bertz CT molecular complexity index is 1200. The topological polar surface area (TPSA) is 95.2 Å². The minimum absolute atomic E-state index is 0.0595. The van der Waals surface area contributed by atoms with Crippen molar-refractivity contribution in [2.24, 2.45) is 5.92 Å². The quantitative estimate of drug-likeness (QED) is 0.613. The molecule has 2 aromatic heterocycles. The lowest BCUT2D eigenvalue weighted by molar-refractivity contribution is -0.105. The first-order chi connectivity index (χ1) is 14.8. The van der Waals surface area contributed by atoms with E-state index in [4.69, 9.17) is 9.72 Å². The summed E-state index contributed by atoms with van der Waals surface area (Å²) in [5.74, 6) is 1.06. The maximum atomic E-state index is 13.1. The summed E-state index contributed by atoms with van der Waals surface area (Å²) in [6, 6.07) is 8.99. The van der Waals surface area contributed by atoms with Crippen molar-refractivity contribution in [3.05, 3.63) is 58.3 Å². The van der Waals surface area contributed by atoms with Crippen molar-refractivity contribution >= 4 is 29.2 Å². The molecule has 31 heavy (non-hydrogen) atoms. The first kappa shape index (κ1) is 20.8. The summed E-state index contributed by atoms with van der Waals surface area (Å²) >= 11 is 0. The first-order valence-electron chi connectivity index (χ1n) is 10.4. The molecule has 1 aromatic carbocycles. The van der Waals surface area contributed by atoms with Gasteiger partial charge in [-0.15, -0.1) is 0 Å². The number of imidazole rings is 1. The minimum Gasteiger partial charge on any atom is -0.443 e. The molecule has 0 aliphatic heterocycles. The molecule has 8 nitrogen and oxygen atoms in total. The van der Waals surface area contributed by atoms with Crippen molar-refractivity contribution in [2.75, 3.05) is 5.32 Å². The normalized spacial score (nSPS) is 13.9.